The van der Waals surface area contributed by atoms with Crippen molar-refractivity contribution in [1.29, 1.82) is 0 Å². The zero-order valence-corrected chi connectivity index (χ0v) is 12.1. The van der Waals surface area contributed by atoms with Crippen molar-refractivity contribution in [3.05, 3.63) is 45.2 Å². The first kappa shape index (κ1) is 13.1. The molecule has 0 spiro atoms. The molecule has 94 valence electrons. The summed E-state index contributed by atoms with van der Waals surface area (Å²) in [6, 6.07) is 7.41. The SMILES string of the molecule is COC(=O)C1=CC(=O)C(C)(c2cccc(I)c2)O1. The first-order valence-corrected chi connectivity index (χ1v) is 6.35. The number of carbonyl (C=O) groups is 2. The van der Waals surface area contributed by atoms with Crippen LogP contribution in [0.2, 0.25) is 0 Å². The summed E-state index contributed by atoms with van der Waals surface area (Å²) in [5.41, 5.74) is -0.431. The molecule has 0 amide bonds. The molecule has 1 unspecified atom stereocenters. The Morgan fingerprint density at radius 2 is 2.17 bits per heavy atom. The van der Waals surface area contributed by atoms with Gasteiger partial charge in [-0.3, -0.25) is 4.79 Å². The van der Waals surface area contributed by atoms with Crippen molar-refractivity contribution in [2.75, 3.05) is 7.11 Å². The number of ketones is 1. The summed E-state index contributed by atoms with van der Waals surface area (Å²) in [4.78, 5) is 23.4. The van der Waals surface area contributed by atoms with Crippen molar-refractivity contribution in [3.8, 4) is 0 Å². The van der Waals surface area contributed by atoms with E-state index in [-0.39, 0.29) is 11.5 Å². The van der Waals surface area contributed by atoms with Gasteiger partial charge in [0.2, 0.25) is 11.5 Å². The quantitative estimate of drug-likeness (QED) is 0.601. The number of hydrogen-bond acceptors (Lipinski definition) is 4. The maximum Gasteiger partial charge on any atom is 0.373 e. The molecule has 0 aromatic heterocycles. The molecule has 4 nitrogen and oxygen atoms in total. The highest BCUT2D eigenvalue weighted by molar-refractivity contribution is 14.1. The van der Waals surface area contributed by atoms with Gasteiger partial charge in [0.1, 0.15) is 0 Å². The molecule has 1 aromatic carbocycles. The molecule has 1 atom stereocenters. The topological polar surface area (TPSA) is 52.6 Å². The van der Waals surface area contributed by atoms with E-state index >= 15 is 0 Å². The van der Waals surface area contributed by atoms with Gasteiger partial charge < -0.3 is 9.47 Å². The van der Waals surface area contributed by atoms with Gasteiger partial charge in [0, 0.05) is 15.2 Å². The second-order valence-electron chi connectivity index (χ2n) is 4.01. The third kappa shape index (κ3) is 2.14. The van der Waals surface area contributed by atoms with Crippen LogP contribution >= 0.6 is 22.6 Å². The summed E-state index contributed by atoms with van der Waals surface area (Å²) in [6.45, 7) is 1.65. The average molecular weight is 358 g/mol. The highest BCUT2D eigenvalue weighted by atomic mass is 127. The lowest BCUT2D eigenvalue weighted by Gasteiger charge is -2.23. The zero-order chi connectivity index (χ0) is 13.3. The molecule has 1 aromatic rings. The zero-order valence-electron chi connectivity index (χ0n) is 9.90. The van der Waals surface area contributed by atoms with Crippen molar-refractivity contribution in [3.63, 3.8) is 0 Å². The van der Waals surface area contributed by atoms with Gasteiger partial charge in [0.25, 0.3) is 0 Å². The summed E-state index contributed by atoms with van der Waals surface area (Å²) in [6.07, 6.45) is 1.19. The molecular formula is C13H11IO4. The monoisotopic (exact) mass is 358 g/mol. The van der Waals surface area contributed by atoms with Crippen LogP contribution in [0.4, 0.5) is 0 Å². The summed E-state index contributed by atoms with van der Waals surface area (Å²) in [5.74, 6) is -0.952. The van der Waals surface area contributed by atoms with Crippen molar-refractivity contribution >= 4 is 34.3 Å². The molecule has 18 heavy (non-hydrogen) atoms. The molecule has 2 rings (SSSR count). The Labute approximate surface area is 118 Å². The van der Waals surface area contributed by atoms with Crippen LogP contribution in [0.1, 0.15) is 12.5 Å². The van der Waals surface area contributed by atoms with Crippen LogP contribution in [-0.2, 0) is 24.7 Å². The van der Waals surface area contributed by atoms with Gasteiger partial charge in [-0.15, -0.1) is 0 Å². The van der Waals surface area contributed by atoms with Crippen LogP contribution in [0, 0.1) is 3.57 Å². The molecule has 0 saturated carbocycles. The molecule has 1 aliphatic heterocycles. The lowest BCUT2D eigenvalue weighted by Crippen LogP contribution is -2.30. The minimum atomic E-state index is -1.15. The van der Waals surface area contributed by atoms with Crippen LogP contribution in [0.3, 0.4) is 0 Å². The van der Waals surface area contributed by atoms with E-state index in [0.717, 1.165) is 9.13 Å². The third-order valence-corrected chi connectivity index (χ3v) is 3.48. The Morgan fingerprint density at radius 1 is 1.44 bits per heavy atom. The van der Waals surface area contributed by atoms with Gasteiger partial charge in [-0.2, -0.15) is 0 Å². The maximum absolute atomic E-state index is 12.0. The lowest BCUT2D eigenvalue weighted by molar-refractivity contribution is -0.144. The van der Waals surface area contributed by atoms with Crippen LogP contribution < -0.4 is 0 Å². The minimum Gasteiger partial charge on any atom is -0.467 e. The number of carbonyl (C=O) groups excluding carboxylic acids is 2. The fourth-order valence-corrected chi connectivity index (χ4v) is 2.29. The van der Waals surface area contributed by atoms with Crippen molar-refractivity contribution < 1.29 is 19.1 Å². The van der Waals surface area contributed by atoms with E-state index in [1.54, 1.807) is 13.0 Å². The van der Waals surface area contributed by atoms with E-state index in [1.165, 1.54) is 13.2 Å². The summed E-state index contributed by atoms with van der Waals surface area (Å²) >= 11 is 2.16. The van der Waals surface area contributed by atoms with Gasteiger partial charge in [-0.25, -0.2) is 4.79 Å². The first-order chi connectivity index (χ1) is 8.47. The molecule has 1 aliphatic rings. The van der Waals surface area contributed by atoms with Crippen LogP contribution in [0.5, 0.6) is 0 Å². The van der Waals surface area contributed by atoms with E-state index in [0.29, 0.717) is 0 Å². The largest absolute Gasteiger partial charge is 0.467 e. The normalized spacial score (nSPS) is 22.4. The molecule has 0 bridgehead atoms. The van der Waals surface area contributed by atoms with Gasteiger partial charge >= 0.3 is 5.97 Å². The molecule has 0 N–H and O–H groups in total. The maximum atomic E-state index is 12.0. The number of esters is 1. The van der Waals surface area contributed by atoms with Gasteiger partial charge in [-0.05, 0) is 41.6 Å². The van der Waals surface area contributed by atoms with E-state index in [1.807, 2.05) is 18.2 Å². The summed E-state index contributed by atoms with van der Waals surface area (Å²) < 4.78 is 11.0. The Kier molecular flexibility index (Phi) is 3.43. The average Bonchev–Trinajstić information content (AvgIpc) is 2.66. The Bertz CT molecular complexity index is 550. The Morgan fingerprint density at radius 3 is 2.78 bits per heavy atom. The molecule has 1 heterocycles. The minimum absolute atomic E-state index is 0.0520. The number of rotatable bonds is 2. The van der Waals surface area contributed by atoms with E-state index < -0.39 is 11.6 Å². The molecular weight excluding hydrogens is 347 g/mol. The van der Waals surface area contributed by atoms with Crippen LogP contribution in [0.25, 0.3) is 0 Å². The number of benzene rings is 1. The molecule has 0 radical (unpaired) electrons. The number of hydrogen-bond donors (Lipinski definition) is 0. The van der Waals surface area contributed by atoms with Crippen LogP contribution in [-0.4, -0.2) is 18.9 Å². The van der Waals surface area contributed by atoms with Crippen LogP contribution in [0.15, 0.2) is 36.1 Å². The molecule has 5 heteroatoms. The van der Waals surface area contributed by atoms with E-state index in [2.05, 4.69) is 27.3 Å². The van der Waals surface area contributed by atoms with E-state index in [4.69, 9.17) is 4.74 Å². The highest BCUT2D eigenvalue weighted by Gasteiger charge is 2.44. The second kappa shape index (κ2) is 4.72. The van der Waals surface area contributed by atoms with Crippen molar-refractivity contribution in [2.24, 2.45) is 0 Å². The smallest absolute Gasteiger partial charge is 0.373 e. The number of methoxy groups -OCH3 is 1. The Balaban J connectivity index is 2.36. The molecule has 0 aliphatic carbocycles. The summed E-state index contributed by atoms with van der Waals surface area (Å²) in [7, 11) is 1.25. The number of halogens is 1. The predicted molar refractivity (Wildman–Crippen MR) is 72.7 cm³/mol. The first-order valence-electron chi connectivity index (χ1n) is 5.27. The standard InChI is InChI=1S/C13H11IO4/c1-13(8-4-3-5-9(14)6-8)11(15)7-10(18-13)12(16)17-2/h3-7H,1-2H3. The van der Waals surface area contributed by atoms with Gasteiger partial charge in [0.15, 0.2) is 5.60 Å². The third-order valence-electron chi connectivity index (χ3n) is 2.81. The fourth-order valence-electron chi connectivity index (χ4n) is 1.74. The van der Waals surface area contributed by atoms with Gasteiger partial charge in [-0.1, -0.05) is 12.1 Å². The van der Waals surface area contributed by atoms with E-state index in [9.17, 15) is 9.59 Å². The highest BCUT2D eigenvalue weighted by Crippen LogP contribution is 2.35. The number of ether oxygens (including phenoxy) is 2. The van der Waals surface area contributed by atoms with Gasteiger partial charge in [0.05, 0.1) is 7.11 Å². The predicted octanol–water partition coefficient (Wildman–Crippen LogP) is 2.16. The van der Waals surface area contributed by atoms with Crippen molar-refractivity contribution in [2.45, 2.75) is 12.5 Å². The molecule has 0 saturated heterocycles. The summed E-state index contributed by atoms with van der Waals surface area (Å²) in [5, 5.41) is 0. The fraction of sp³-hybridized carbons (Fsp3) is 0.231. The molecule has 0 fully saturated rings. The van der Waals surface area contributed by atoms with Crippen molar-refractivity contribution in [1.82, 2.24) is 0 Å². The Hall–Kier alpha value is -1.37. The lowest BCUT2D eigenvalue weighted by atomic mass is 9.92. The second-order valence-corrected chi connectivity index (χ2v) is 5.26.